The van der Waals surface area contributed by atoms with Crippen LogP contribution < -0.4 is 11.1 Å². The average molecular weight is 337 g/mol. The number of hydrogen-bond donors (Lipinski definition) is 2. The second kappa shape index (κ2) is 6.76. The molecule has 1 unspecified atom stereocenters. The predicted octanol–water partition coefficient (Wildman–Crippen LogP) is 2.75. The van der Waals surface area contributed by atoms with Crippen LogP contribution in [-0.2, 0) is 6.42 Å². The third-order valence-electron chi connectivity index (χ3n) is 3.47. The van der Waals surface area contributed by atoms with E-state index in [1.807, 2.05) is 6.07 Å². The highest BCUT2D eigenvalue weighted by atomic mass is 32.2. The number of halogens is 1. The minimum absolute atomic E-state index is 0.167. The lowest BCUT2D eigenvalue weighted by Crippen LogP contribution is -2.31. The smallest absolute Gasteiger partial charge is 0.271 e. The van der Waals surface area contributed by atoms with Crippen molar-refractivity contribution in [2.45, 2.75) is 23.8 Å². The largest absolute Gasteiger partial charge is 0.344 e. The van der Waals surface area contributed by atoms with E-state index in [9.17, 15) is 9.18 Å². The number of benzene rings is 1. The minimum atomic E-state index is -0.222. The molecule has 22 heavy (non-hydrogen) atoms. The van der Waals surface area contributed by atoms with Crippen LogP contribution in [0.2, 0.25) is 0 Å². The number of amides is 1. The Bertz CT molecular complexity index is 689. The highest BCUT2D eigenvalue weighted by molar-refractivity contribution is 7.99. The number of aromatic nitrogens is 1. The zero-order valence-corrected chi connectivity index (χ0v) is 13.5. The summed E-state index contributed by atoms with van der Waals surface area (Å²) in [5, 5.41) is 5.57. The molecule has 0 saturated carbocycles. The first-order valence-corrected chi connectivity index (χ1v) is 8.92. The summed E-state index contributed by atoms with van der Waals surface area (Å²) in [6.07, 6.45) is 1.46. The van der Waals surface area contributed by atoms with Crippen molar-refractivity contribution in [3.63, 3.8) is 0 Å². The number of nitrogens with one attached hydrogen (secondary N) is 1. The second-order valence-electron chi connectivity index (χ2n) is 4.99. The fourth-order valence-electron chi connectivity index (χ4n) is 2.42. The van der Waals surface area contributed by atoms with Gasteiger partial charge < -0.3 is 11.1 Å². The third-order valence-corrected chi connectivity index (χ3v) is 5.54. The molecule has 0 radical (unpaired) electrons. The van der Waals surface area contributed by atoms with Crippen LogP contribution in [-0.4, -0.2) is 23.2 Å². The lowest BCUT2D eigenvalue weighted by atomic mass is 10.0. The van der Waals surface area contributed by atoms with Gasteiger partial charge in [0.2, 0.25) is 0 Å². The lowest BCUT2D eigenvalue weighted by Gasteiger charge is -2.25. The zero-order chi connectivity index (χ0) is 15.5. The molecule has 1 aliphatic rings. The van der Waals surface area contributed by atoms with Crippen LogP contribution >= 0.6 is 23.1 Å². The molecule has 2 aromatic rings. The normalized spacial score (nSPS) is 17.1. The van der Waals surface area contributed by atoms with Crippen molar-refractivity contribution in [1.82, 2.24) is 10.3 Å². The van der Waals surface area contributed by atoms with Crippen LogP contribution in [0.1, 0.15) is 33.5 Å². The molecule has 4 nitrogen and oxygen atoms in total. The van der Waals surface area contributed by atoms with Gasteiger partial charge in [-0.05, 0) is 24.6 Å². The third kappa shape index (κ3) is 3.16. The summed E-state index contributed by atoms with van der Waals surface area (Å²) in [6, 6.07) is 4.84. The highest BCUT2D eigenvalue weighted by Crippen LogP contribution is 2.37. The van der Waals surface area contributed by atoms with Crippen molar-refractivity contribution in [3.8, 4) is 0 Å². The van der Waals surface area contributed by atoms with Crippen molar-refractivity contribution in [1.29, 1.82) is 0 Å². The first kappa shape index (κ1) is 15.5. The number of thioether (sulfide) groups is 1. The molecule has 116 valence electrons. The molecule has 1 aromatic carbocycles. The number of nitrogens with zero attached hydrogens (tertiary/aromatic N) is 1. The predicted molar refractivity (Wildman–Crippen MR) is 86.8 cm³/mol. The van der Waals surface area contributed by atoms with E-state index >= 15 is 0 Å². The van der Waals surface area contributed by atoms with Crippen LogP contribution in [0.25, 0.3) is 0 Å². The quantitative estimate of drug-likeness (QED) is 0.900. The van der Waals surface area contributed by atoms with Crippen LogP contribution in [0.4, 0.5) is 4.39 Å². The van der Waals surface area contributed by atoms with E-state index in [0.29, 0.717) is 23.6 Å². The molecule has 3 rings (SSSR count). The summed E-state index contributed by atoms with van der Waals surface area (Å²) in [4.78, 5) is 17.3. The highest BCUT2D eigenvalue weighted by Gasteiger charge is 2.25. The maximum atomic E-state index is 13.8. The Balaban J connectivity index is 1.76. The number of carbonyl (C=O) groups excluding carboxylic acids is 1. The monoisotopic (exact) mass is 337 g/mol. The van der Waals surface area contributed by atoms with Gasteiger partial charge in [-0.2, -0.15) is 0 Å². The van der Waals surface area contributed by atoms with Gasteiger partial charge in [0.1, 0.15) is 11.5 Å². The van der Waals surface area contributed by atoms with Gasteiger partial charge in [-0.3, -0.25) is 4.79 Å². The van der Waals surface area contributed by atoms with Gasteiger partial charge in [0.05, 0.1) is 11.0 Å². The fraction of sp³-hybridized carbons (Fsp3) is 0.333. The Morgan fingerprint density at radius 2 is 2.36 bits per heavy atom. The molecule has 0 aliphatic carbocycles. The summed E-state index contributed by atoms with van der Waals surface area (Å²) in [7, 11) is 0. The van der Waals surface area contributed by atoms with Crippen molar-refractivity contribution >= 4 is 29.0 Å². The van der Waals surface area contributed by atoms with Crippen molar-refractivity contribution in [2.24, 2.45) is 5.73 Å². The molecule has 0 saturated heterocycles. The lowest BCUT2D eigenvalue weighted by molar-refractivity contribution is 0.0930. The van der Waals surface area contributed by atoms with Crippen molar-refractivity contribution in [3.05, 3.63) is 45.7 Å². The molecule has 3 N–H and O–H groups in total. The molecule has 0 fully saturated rings. The number of carbonyl (C=O) groups is 1. The molecular formula is C15H16FN3OS2. The Hall–Kier alpha value is -1.44. The van der Waals surface area contributed by atoms with E-state index in [1.54, 1.807) is 11.4 Å². The van der Waals surface area contributed by atoms with Crippen LogP contribution in [0, 0.1) is 5.82 Å². The fourth-order valence-corrected chi connectivity index (χ4v) is 4.36. The van der Waals surface area contributed by atoms with E-state index in [1.165, 1.54) is 29.2 Å². The van der Waals surface area contributed by atoms with Gasteiger partial charge in [-0.1, -0.05) is 12.1 Å². The number of rotatable bonds is 4. The Morgan fingerprint density at radius 3 is 3.18 bits per heavy atom. The Labute approximate surface area is 136 Å². The van der Waals surface area contributed by atoms with Crippen LogP contribution in [0.5, 0.6) is 0 Å². The maximum absolute atomic E-state index is 13.8. The molecule has 1 aliphatic heterocycles. The molecule has 1 amide bonds. The molecule has 7 heteroatoms. The minimum Gasteiger partial charge on any atom is -0.344 e. The van der Waals surface area contributed by atoms with Gasteiger partial charge in [0.15, 0.2) is 0 Å². The number of nitrogens with two attached hydrogens (primary N) is 1. The van der Waals surface area contributed by atoms with E-state index in [0.717, 1.165) is 22.7 Å². The maximum Gasteiger partial charge on any atom is 0.271 e. The van der Waals surface area contributed by atoms with Gasteiger partial charge in [-0.15, -0.1) is 23.1 Å². The number of hydrogen-bond acceptors (Lipinski definition) is 5. The number of fused-ring (bicyclic) bond motifs is 1. The van der Waals surface area contributed by atoms with E-state index in [4.69, 9.17) is 5.73 Å². The van der Waals surface area contributed by atoms with Crippen molar-refractivity contribution < 1.29 is 9.18 Å². The summed E-state index contributed by atoms with van der Waals surface area (Å²) in [6.45, 7) is 0.515. The van der Waals surface area contributed by atoms with Gasteiger partial charge in [-0.25, -0.2) is 9.37 Å². The SMILES string of the molecule is NCCc1nc(C(=O)NC2CCSc3c(F)cccc32)cs1. The topological polar surface area (TPSA) is 68.0 Å². The first-order chi connectivity index (χ1) is 10.7. The molecule has 0 bridgehead atoms. The van der Waals surface area contributed by atoms with E-state index < -0.39 is 0 Å². The average Bonchev–Trinajstić information content (AvgIpc) is 2.97. The summed E-state index contributed by atoms with van der Waals surface area (Å²) < 4.78 is 13.8. The first-order valence-electron chi connectivity index (χ1n) is 7.05. The van der Waals surface area contributed by atoms with E-state index in [2.05, 4.69) is 10.3 Å². The van der Waals surface area contributed by atoms with Gasteiger partial charge >= 0.3 is 0 Å². The Morgan fingerprint density at radius 1 is 1.50 bits per heavy atom. The molecule has 0 spiro atoms. The van der Waals surface area contributed by atoms with Crippen LogP contribution in [0.15, 0.2) is 28.5 Å². The Kier molecular flexibility index (Phi) is 4.75. The van der Waals surface area contributed by atoms with Crippen molar-refractivity contribution in [2.75, 3.05) is 12.3 Å². The second-order valence-corrected chi connectivity index (χ2v) is 7.03. The number of thiazole rings is 1. The van der Waals surface area contributed by atoms with Crippen LogP contribution in [0.3, 0.4) is 0 Å². The molecule has 1 atom stereocenters. The summed E-state index contributed by atoms with van der Waals surface area (Å²) in [5.41, 5.74) is 6.75. The summed E-state index contributed by atoms with van der Waals surface area (Å²) >= 11 is 2.94. The molecule has 2 heterocycles. The molecular weight excluding hydrogens is 321 g/mol. The zero-order valence-electron chi connectivity index (χ0n) is 11.8. The van der Waals surface area contributed by atoms with Gasteiger partial charge in [0, 0.05) is 22.4 Å². The van der Waals surface area contributed by atoms with E-state index in [-0.39, 0.29) is 17.8 Å². The van der Waals surface area contributed by atoms with Gasteiger partial charge in [0.25, 0.3) is 5.91 Å². The summed E-state index contributed by atoms with van der Waals surface area (Å²) in [5.74, 6) is 0.348. The standard InChI is InChI=1S/C15H16FN3OS2/c16-10-3-1-2-9-11(5-7-21-14(9)10)19-15(20)12-8-22-13(18-12)4-6-17/h1-3,8,11H,4-7,17H2,(H,19,20). The molecule has 1 aromatic heterocycles.